The Balaban J connectivity index is 1.69. The third kappa shape index (κ3) is 9.57. The summed E-state index contributed by atoms with van der Waals surface area (Å²) in [7, 11) is 1.06. The van der Waals surface area contributed by atoms with Crippen molar-refractivity contribution < 1.29 is 41.4 Å². The molecule has 0 aliphatic rings. The minimum Gasteiger partial charge on any atom is -0.495 e. The predicted octanol–water partition coefficient (Wildman–Crippen LogP) is 6.71. The van der Waals surface area contributed by atoms with Crippen molar-refractivity contribution in [2.75, 3.05) is 51.7 Å². The minimum atomic E-state index is -4.83. The smallest absolute Gasteiger partial charge is 0.421 e. The molecule has 3 N–H and O–H groups in total. The van der Waals surface area contributed by atoms with Gasteiger partial charge in [0.1, 0.15) is 17.1 Å². The van der Waals surface area contributed by atoms with Crippen LogP contribution in [0.1, 0.15) is 41.8 Å². The zero-order valence-corrected chi connectivity index (χ0v) is 28.6. The molecule has 0 spiro atoms. The van der Waals surface area contributed by atoms with Gasteiger partial charge in [-0.3, -0.25) is 14.0 Å². The molecule has 0 saturated carbocycles. The second-order valence-electron chi connectivity index (χ2n) is 10.9. The van der Waals surface area contributed by atoms with Crippen LogP contribution in [-0.4, -0.2) is 76.7 Å². The number of hydrogen-bond donors (Lipinski definition) is 3. The molecule has 13 nitrogen and oxygen atoms in total. The Kier molecular flexibility index (Phi) is 12.4. The van der Waals surface area contributed by atoms with Crippen molar-refractivity contribution in [3.05, 3.63) is 71.7 Å². The van der Waals surface area contributed by atoms with E-state index in [1.165, 1.54) is 32.2 Å². The van der Waals surface area contributed by atoms with Crippen LogP contribution in [0.25, 0.3) is 11.1 Å². The number of rotatable bonds is 16. The fourth-order valence-electron chi connectivity index (χ4n) is 4.79. The van der Waals surface area contributed by atoms with Crippen LogP contribution in [0.3, 0.4) is 0 Å². The Labute approximate surface area is 282 Å². The summed E-state index contributed by atoms with van der Waals surface area (Å²) in [6.07, 6.45) is -0.342. The van der Waals surface area contributed by atoms with Crippen LogP contribution in [0.2, 0.25) is 0 Å². The molecule has 0 radical (unpaired) electrons. The van der Waals surface area contributed by atoms with E-state index in [4.69, 9.17) is 18.9 Å². The van der Waals surface area contributed by atoms with Crippen molar-refractivity contribution in [1.29, 1.82) is 0 Å². The number of benzene rings is 2. The van der Waals surface area contributed by atoms with Crippen LogP contribution in [-0.2, 0) is 32.5 Å². The summed E-state index contributed by atoms with van der Waals surface area (Å²) >= 11 is 0. The van der Waals surface area contributed by atoms with Crippen LogP contribution >= 0.6 is 7.60 Å². The van der Waals surface area contributed by atoms with Gasteiger partial charge in [0.05, 0.1) is 49.6 Å². The lowest BCUT2D eigenvalue weighted by atomic mass is 10.0. The lowest BCUT2D eigenvalue weighted by Crippen LogP contribution is -2.23. The van der Waals surface area contributed by atoms with E-state index in [2.05, 4.69) is 25.7 Å². The Morgan fingerprint density at radius 2 is 1.73 bits per heavy atom. The molecular formula is C32H39F3N7O6P. The summed E-state index contributed by atoms with van der Waals surface area (Å²) in [5, 5.41) is 19.0. The maximum absolute atomic E-state index is 14.2. The van der Waals surface area contributed by atoms with Gasteiger partial charge in [-0.05, 0) is 55.7 Å². The van der Waals surface area contributed by atoms with Crippen molar-refractivity contribution >= 4 is 36.6 Å². The molecule has 0 saturated heterocycles. The van der Waals surface area contributed by atoms with E-state index in [9.17, 15) is 22.5 Å². The second-order valence-corrected chi connectivity index (χ2v) is 12.9. The first-order valence-electron chi connectivity index (χ1n) is 15.3. The van der Waals surface area contributed by atoms with Crippen molar-refractivity contribution in [3.63, 3.8) is 0 Å². The van der Waals surface area contributed by atoms with Gasteiger partial charge in [-0.25, -0.2) is 4.98 Å². The second kappa shape index (κ2) is 16.3. The molecule has 264 valence electrons. The Bertz CT molecular complexity index is 1790. The molecule has 2 aromatic carbocycles. The SMILES string of the molecule is CCOP(=O)(Cc1ccc(Nc2ncc(C(F)(F)F)c(Nc3ccc(-c4cnn(CCCO)c4)cc3C(=O)N(C)C)n2)c(OC)c1)OCC. The van der Waals surface area contributed by atoms with E-state index >= 15 is 0 Å². The predicted molar refractivity (Wildman–Crippen MR) is 179 cm³/mol. The van der Waals surface area contributed by atoms with E-state index in [1.807, 2.05) is 0 Å². The molecule has 17 heteroatoms. The fraction of sp³-hybridized carbons (Fsp3) is 0.375. The molecule has 0 atom stereocenters. The van der Waals surface area contributed by atoms with Gasteiger partial charge in [0.15, 0.2) is 0 Å². The third-order valence-corrected chi connectivity index (χ3v) is 9.11. The number of aliphatic hydroxyl groups excluding tert-OH is 1. The van der Waals surface area contributed by atoms with Gasteiger partial charge in [0, 0.05) is 45.2 Å². The molecule has 0 aliphatic heterocycles. The standard InChI is InChI=1S/C32H39F3N7O6P/c1-6-47-49(45,48-7-2)20-21-9-11-27(28(15-21)46-5)39-31-36-18-25(32(33,34)35)29(40-31)38-26-12-10-22(16-24(26)30(44)41(3)4)23-17-37-42(19-23)13-8-14-43/h9-12,15-19,43H,6-8,13-14,20H2,1-5H3,(H2,36,38,39,40). The van der Waals surface area contributed by atoms with E-state index < -0.39 is 31.1 Å². The molecule has 0 fully saturated rings. The lowest BCUT2D eigenvalue weighted by Gasteiger charge is -2.19. The first-order chi connectivity index (χ1) is 23.3. The van der Waals surface area contributed by atoms with Gasteiger partial charge in [0.2, 0.25) is 5.95 Å². The van der Waals surface area contributed by atoms with Gasteiger partial charge in [-0.2, -0.15) is 23.3 Å². The van der Waals surface area contributed by atoms with Crippen LogP contribution in [0.5, 0.6) is 5.75 Å². The number of amides is 1. The average Bonchev–Trinajstić information content (AvgIpc) is 3.53. The Morgan fingerprint density at radius 1 is 1.02 bits per heavy atom. The van der Waals surface area contributed by atoms with Gasteiger partial charge >= 0.3 is 13.8 Å². The van der Waals surface area contributed by atoms with Crippen molar-refractivity contribution in [2.24, 2.45) is 0 Å². The zero-order valence-electron chi connectivity index (χ0n) is 27.7. The monoisotopic (exact) mass is 705 g/mol. The lowest BCUT2D eigenvalue weighted by molar-refractivity contribution is -0.137. The first-order valence-corrected chi connectivity index (χ1v) is 17.1. The highest BCUT2D eigenvalue weighted by molar-refractivity contribution is 7.53. The summed E-state index contributed by atoms with van der Waals surface area (Å²) in [5.41, 5.74) is 1.23. The fourth-order valence-corrected chi connectivity index (χ4v) is 6.48. The number of carbonyl (C=O) groups excluding carboxylic acids is 1. The van der Waals surface area contributed by atoms with Crippen LogP contribution in [0, 0.1) is 0 Å². The third-order valence-electron chi connectivity index (χ3n) is 7.06. The average molecular weight is 706 g/mol. The van der Waals surface area contributed by atoms with E-state index in [-0.39, 0.29) is 48.9 Å². The molecule has 4 aromatic rings. The molecule has 1 amide bonds. The number of methoxy groups -OCH3 is 1. The summed E-state index contributed by atoms with van der Waals surface area (Å²) in [5.74, 6) is -0.958. The highest BCUT2D eigenvalue weighted by atomic mass is 31.2. The van der Waals surface area contributed by atoms with Gasteiger partial charge in [0.25, 0.3) is 5.91 Å². The van der Waals surface area contributed by atoms with Crippen LogP contribution in [0.4, 0.5) is 36.3 Å². The molecular weight excluding hydrogens is 666 g/mol. The van der Waals surface area contributed by atoms with Gasteiger partial charge in [-0.1, -0.05) is 12.1 Å². The number of aryl methyl sites for hydroxylation is 1. The summed E-state index contributed by atoms with van der Waals surface area (Å²) in [6, 6.07) is 9.55. The number of nitrogens with zero attached hydrogens (tertiary/aromatic N) is 5. The molecule has 4 rings (SSSR count). The molecule has 0 bridgehead atoms. The quantitative estimate of drug-likeness (QED) is 0.107. The van der Waals surface area contributed by atoms with E-state index in [1.54, 1.807) is 61.3 Å². The number of anilines is 4. The molecule has 49 heavy (non-hydrogen) atoms. The zero-order chi connectivity index (χ0) is 35.8. The number of hydrogen-bond acceptors (Lipinski definition) is 11. The molecule has 0 aliphatic carbocycles. The summed E-state index contributed by atoms with van der Waals surface area (Å²) in [4.78, 5) is 22.6. The van der Waals surface area contributed by atoms with Crippen molar-refractivity contribution in [1.82, 2.24) is 24.6 Å². The highest BCUT2D eigenvalue weighted by Gasteiger charge is 2.36. The maximum Gasteiger partial charge on any atom is 0.421 e. The Morgan fingerprint density at radius 3 is 2.37 bits per heavy atom. The molecule has 0 unspecified atom stereocenters. The normalized spacial score (nSPS) is 11.8. The van der Waals surface area contributed by atoms with E-state index in [0.29, 0.717) is 41.5 Å². The number of aromatic nitrogens is 4. The number of aliphatic hydroxyl groups is 1. The highest BCUT2D eigenvalue weighted by Crippen LogP contribution is 2.51. The van der Waals surface area contributed by atoms with Crippen LogP contribution < -0.4 is 15.4 Å². The number of halogens is 3. The summed E-state index contributed by atoms with van der Waals surface area (Å²) < 4.78 is 73.5. The number of carbonyl (C=O) groups is 1. The van der Waals surface area contributed by atoms with Crippen LogP contribution in [0.15, 0.2) is 55.0 Å². The summed E-state index contributed by atoms with van der Waals surface area (Å²) in [6.45, 7) is 4.31. The number of nitrogens with one attached hydrogen (secondary N) is 2. The Hall–Kier alpha value is -4.50. The van der Waals surface area contributed by atoms with Gasteiger partial charge in [-0.15, -0.1) is 0 Å². The number of ether oxygens (including phenoxy) is 1. The largest absolute Gasteiger partial charge is 0.495 e. The first kappa shape index (κ1) is 37.3. The maximum atomic E-state index is 14.2. The van der Waals surface area contributed by atoms with Gasteiger partial charge < -0.3 is 34.4 Å². The number of alkyl halides is 3. The molecule has 2 heterocycles. The van der Waals surface area contributed by atoms with Crippen molar-refractivity contribution in [2.45, 2.75) is 39.2 Å². The molecule has 2 aromatic heterocycles. The van der Waals surface area contributed by atoms with E-state index in [0.717, 1.165) is 0 Å². The minimum absolute atomic E-state index is 0.00507. The topological polar surface area (TPSA) is 153 Å². The van der Waals surface area contributed by atoms with Crippen molar-refractivity contribution in [3.8, 4) is 16.9 Å².